The van der Waals surface area contributed by atoms with E-state index in [2.05, 4.69) is 20.8 Å². The summed E-state index contributed by atoms with van der Waals surface area (Å²) in [6.45, 7) is 7.49. The maximum atomic E-state index is 12.1. The number of rotatable bonds is 3. The number of nitrogens with two attached hydrogens (primary N) is 1. The van der Waals surface area contributed by atoms with Crippen molar-refractivity contribution >= 4 is 11.8 Å². The number of Topliss-reactive ketones (excluding diaryl/α,β-unsaturated/α-hetero) is 1. The van der Waals surface area contributed by atoms with Gasteiger partial charge in [-0.1, -0.05) is 39.0 Å². The normalized spacial score (nSPS) is 37.6. The fraction of sp³-hybridized carbons (Fsp3) is 0.655. The summed E-state index contributed by atoms with van der Waals surface area (Å²) in [6.07, 6.45) is 9.05. The lowest BCUT2D eigenvalue weighted by Gasteiger charge is -2.58. The van der Waals surface area contributed by atoms with Gasteiger partial charge in [-0.2, -0.15) is 0 Å². The van der Waals surface area contributed by atoms with Gasteiger partial charge in [0.1, 0.15) is 0 Å². The van der Waals surface area contributed by atoms with E-state index in [0.717, 1.165) is 24.7 Å². The maximum absolute atomic E-state index is 12.1. The molecule has 0 spiro atoms. The van der Waals surface area contributed by atoms with Crippen LogP contribution in [-0.2, 0) is 4.79 Å². The summed E-state index contributed by atoms with van der Waals surface area (Å²) in [6, 6.07) is 8.30. The first-order valence-corrected chi connectivity index (χ1v) is 13.0. The van der Waals surface area contributed by atoms with Crippen LogP contribution < -0.4 is 5.73 Å². The van der Waals surface area contributed by atoms with E-state index in [1.54, 1.807) is 30.3 Å². The molecule has 1 aromatic carbocycles. The van der Waals surface area contributed by atoms with E-state index < -0.39 is 5.97 Å². The van der Waals surface area contributed by atoms with Crippen molar-refractivity contribution in [2.24, 2.45) is 46.2 Å². The van der Waals surface area contributed by atoms with Crippen LogP contribution in [0.2, 0.25) is 0 Å². The number of carbonyl (C=O) groups excluding carboxylic acids is 1. The number of hydrogen-bond acceptors (Lipinski definition) is 4. The van der Waals surface area contributed by atoms with Crippen molar-refractivity contribution in [3.63, 3.8) is 0 Å². The largest absolute Gasteiger partial charge is 0.478 e. The number of fused-ring (bicyclic) bond motifs is 5. The average Bonchev–Trinajstić information content (AvgIpc) is 3.19. The van der Waals surface area contributed by atoms with Crippen molar-refractivity contribution in [1.82, 2.24) is 0 Å². The van der Waals surface area contributed by atoms with E-state index in [0.29, 0.717) is 47.5 Å². The van der Waals surface area contributed by atoms with E-state index in [9.17, 15) is 14.7 Å². The monoisotopic (exact) mass is 467 g/mol. The first-order valence-electron chi connectivity index (χ1n) is 13.0. The quantitative estimate of drug-likeness (QED) is 0.550. The van der Waals surface area contributed by atoms with E-state index in [-0.39, 0.29) is 11.2 Å². The minimum Gasteiger partial charge on any atom is -0.478 e. The number of aliphatic hydroxyl groups excluding tert-OH is 1. The average molecular weight is 468 g/mol. The number of hydrogen-bond donors (Lipinski definition) is 3. The molecule has 5 heteroatoms. The standard InChI is InChI=1S/C22H35NO2.C7H6O2/c1-13(12-24)15-6-7-16-14-4-5-18-20(23)19(25)9-11-22(18,3)17(14)8-10-21(15,16)2;8-7(9)6-4-2-1-3-5-6/h13-17,24H,4-12,23H2,1-3H3;1-5H,(H,8,9)/t13-,14+,15-,16+,17+,21-,22-;/m1./s1. The van der Waals surface area contributed by atoms with Crippen molar-refractivity contribution in [2.45, 2.75) is 72.1 Å². The van der Waals surface area contributed by atoms with Gasteiger partial charge in [0, 0.05) is 13.0 Å². The van der Waals surface area contributed by atoms with Crippen molar-refractivity contribution in [1.29, 1.82) is 0 Å². The third kappa shape index (κ3) is 4.10. The van der Waals surface area contributed by atoms with Crippen molar-refractivity contribution in [3.05, 3.63) is 47.2 Å². The number of carboxylic acids is 1. The summed E-state index contributed by atoms with van der Waals surface area (Å²) in [5.74, 6) is 2.67. The van der Waals surface area contributed by atoms with E-state index in [4.69, 9.17) is 10.8 Å². The predicted molar refractivity (Wildman–Crippen MR) is 133 cm³/mol. The fourth-order valence-corrected chi connectivity index (χ4v) is 8.44. The molecule has 5 rings (SSSR count). The Kier molecular flexibility index (Phi) is 6.97. The molecule has 3 fully saturated rings. The lowest BCUT2D eigenvalue weighted by atomic mass is 9.46. The highest BCUT2D eigenvalue weighted by molar-refractivity contribution is 5.96. The number of aliphatic hydroxyl groups is 1. The van der Waals surface area contributed by atoms with Gasteiger partial charge in [0.05, 0.1) is 11.3 Å². The lowest BCUT2D eigenvalue weighted by molar-refractivity contribution is -0.119. The number of ketones is 1. The molecule has 3 saturated carbocycles. The summed E-state index contributed by atoms with van der Waals surface area (Å²) in [7, 11) is 0. The summed E-state index contributed by atoms with van der Waals surface area (Å²) >= 11 is 0. The van der Waals surface area contributed by atoms with Gasteiger partial charge in [0.2, 0.25) is 0 Å². The topological polar surface area (TPSA) is 101 Å². The minimum atomic E-state index is -0.879. The summed E-state index contributed by atoms with van der Waals surface area (Å²) in [5, 5.41) is 18.1. The van der Waals surface area contributed by atoms with Crippen LogP contribution >= 0.6 is 0 Å². The molecule has 34 heavy (non-hydrogen) atoms. The minimum absolute atomic E-state index is 0.156. The highest BCUT2D eigenvalue weighted by Gasteiger charge is 2.59. The number of benzene rings is 1. The van der Waals surface area contributed by atoms with Crippen LogP contribution in [-0.4, -0.2) is 28.6 Å². The SMILES string of the molecule is C[C@H](CO)[C@H]1CC[C@H]2[C@@H]3CCC4=C(N)C(=O)CC[C@]4(C)[C@H]3CC[C@]12C.O=C(O)c1ccccc1. The first kappa shape index (κ1) is 25.0. The molecule has 4 N–H and O–H groups in total. The Morgan fingerprint density at radius 3 is 2.38 bits per heavy atom. The molecule has 0 saturated heterocycles. The Labute approximate surface area is 203 Å². The smallest absolute Gasteiger partial charge is 0.335 e. The van der Waals surface area contributed by atoms with Gasteiger partial charge in [0.15, 0.2) is 5.78 Å². The molecule has 0 unspecified atom stereocenters. The molecular weight excluding hydrogens is 426 g/mol. The lowest BCUT2D eigenvalue weighted by Crippen LogP contribution is -2.52. The van der Waals surface area contributed by atoms with Crippen LogP contribution in [0.5, 0.6) is 0 Å². The second kappa shape index (κ2) is 9.49. The van der Waals surface area contributed by atoms with Crippen LogP contribution in [0.25, 0.3) is 0 Å². The summed E-state index contributed by atoms with van der Waals surface area (Å²) in [5.41, 5.74) is 9.05. The molecule has 186 valence electrons. The van der Waals surface area contributed by atoms with Crippen molar-refractivity contribution in [2.75, 3.05) is 6.61 Å². The summed E-state index contributed by atoms with van der Waals surface area (Å²) in [4.78, 5) is 22.3. The van der Waals surface area contributed by atoms with Gasteiger partial charge >= 0.3 is 5.97 Å². The molecule has 0 amide bonds. The van der Waals surface area contributed by atoms with Gasteiger partial charge in [0.25, 0.3) is 0 Å². The zero-order chi connectivity index (χ0) is 24.7. The molecule has 4 aliphatic rings. The highest BCUT2D eigenvalue weighted by atomic mass is 16.4. The van der Waals surface area contributed by atoms with E-state index in [1.807, 2.05) is 0 Å². The second-order valence-electron chi connectivity index (χ2n) is 11.7. The van der Waals surface area contributed by atoms with Crippen LogP contribution in [0, 0.1) is 40.4 Å². The molecule has 0 aromatic heterocycles. The molecule has 0 bridgehead atoms. The Morgan fingerprint density at radius 1 is 1.06 bits per heavy atom. The molecule has 0 heterocycles. The zero-order valence-electron chi connectivity index (χ0n) is 20.9. The van der Waals surface area contributed by atoms with E-state index >= 15 is 0 Å². The highest BCUT2D eigenvalue weighted by Crippen LogP contribution is 2.67. The van der Waals surface area contributed by atoms with Crippen LogP contribution in [0.1, 0.15) is 82.5 Å². The molecule has 0 radical (unpaired) electrons. The predicted octanol–water partition coefficient (Wildman–Crippen LogP) is 5.43. The number of carboxylic acid groups (broad SMARTS) is 1. The second-order valence-corrected chi connectivity index (χ2v) is 11.7. The van der Waals surface area contributed by atoms with Gasteiger partial charge in [-0.25, -0.2) is 4.79 Å². The molecular formula is C29H41NO4. The molecule has 7 atom stereocenters. The summed E-state index contributed by atoms with van der Waals surface area (Å²) < 4.78 is 0. The first-order chi connectivity index (χ1) is 16.1. The van der Waals surface area contributed by atoms with Crippen molar-refractivity contribution < 1.29 is 19.8 Å². The fourth-order valence-electron chi connectivity index (χ4n) is 8.44. The Morgan fingerprint density at radius 2 is 1.76 bits per heavy atom. The van der Waals surface area contributed by atoms with Crippen LogP contribution in [0.3, 0.4) is 0 Å². The molecule has 4 aliphatic carbocycles. The van der Waals surface area contributed by atoms with Gasteiger partial charge in [-0.3, -0.25) is 4.79 Å². The van der Waals surface area contributed by atoms with Crippen LogP contribution in [0.15, 0.2) is 41.6 Å². The van der Waals surface area contributed by atoms with Gasteiger partial charge in [-0.15, -0.1) is 0 Å². The molecule has 0 aliphatic heterocycles. The Hall–Kier alpha value is -2.14. The molecule has 5 nitrogen and oxygen atoms in total. The molecule has 1 aromatic rings. The van der Waals surface area contributed by atoms with Crippen LogP contribution in [0.4, 0.5) is 0 Å². The number of aromatic carboxylic acids is 1. The van der Waals surface area contributed by atoms with E-state index in [1.165, 1.54) is 37.7 Å². The van der Waals surface area contributed by atoms with Gasteiger partial charge in [-0.05, 0) is 103 Å². The van der Waals surface area contributed by atoms with Gasteiger partial charge < -0.3 is 15.9 Å². The third-order valence-corrected chi connectivity index (χ3v) is 10.2. The third-order valence-electron chi connectivity index (χ3n) is 10.2. The number of carbonyl (C=O) groups is 2. The maximum Gasteiger partial charge on any atom is 0.335 e. The number of allylic oxidation sites excluding steroid dienone is 1. The van der Waals surface area contributed by atoms with Crippen molar-refractivity contribution in [3.8, 4) is 0 Å². The Balaban J connectivity index is 0.000000257. The zero-order valence-corrected chi connectivity index (χ0v) is 20.9. The Bertz CT molecular complexity index is 956.